The van der Waals surface area contributed by atoms with Gasteiger partial charge in [-0.25, -0.2) is 4.98 Å². The van der Waals surface area contributed by atoms with Crippen LogP contribution in [0.5, 0.6) is 0 Å². The number of pyridine rings is 1. The van der Waals surface area contributed by atoms with E-state index in [2.05, 4.69) is 57.3 Å². The number of nitrogens with zero attached hydrogens (tertiary/aromatic N) is 1. The Morgan fingerprint density at radius 2 is 1.45 bits per heavy atom. The first-order valence-electron chi connectivity index (χ1n) is 7.62. The second-order valence-electron chi connectivity index (χ2n) is 7.12. The van der Waals surface area contributed by atoms with Crippen LogP contribution in [0.25, 0.3) is 21.8 Å². The van der Waals surface area contributed by atoms with Crippen molar-refractivity contribution in [1.29, 1.82) is 0 Å². The number of nitrogens with two attached hydrogens (primary N) is 1. The van der Waals surface area contributed by atoms with E-state index in [1.807, 2.05) is 13.0 Å². The molecule has 22 heavy (non-hydrogen) atoms. The molecule has 0 fully saturated rings. The number of hydrogen-bond donors (Lipinski definition) is 2. The lowest BCUT2D eigenvalue weighted by atomic mass is 10.0. The SMILES string of the molecule is Cc1cc2cc3cc(C)c(NC(C)(C)C)cc3nc2cc1N. The Kier molecular flexibility index (Phi) is 3.24. The molecule has 0 aliphatic rings. The molecule has 3 rings (SSSR count). The number of aromatic nitrogens is 1. The highest BCUT2D eigenvalue weighted by molar-refractivity contribution is 5.96. The maximum absolute atomic E-state index is 6.01. The summed E-state index contributed by atoms with van der Waals surface area (Å²) in [7, 11) is 0. The molecule has 0 saturated heterocycles. The van der Waals surface area contributed by atoms with Gasteiger partial charge in [0.05, 0.1) is 11.0 Å². The molecule has 3 nitrogen and oxygen atoms in total. The van der Waals surface area contributed by atoms with Crippen LogP contribution >= 0.6 is 0 Å². The van der Waals surface area contributed by atoms with Gasteiger partial charge in [0.2, 0.25) is 0 Å². The first-order chi connectivity index (χ1) is 10.2. The molecule has 2 aromatic carbocycles. The zero-order valence-corrected chi connectivity index (χ0v) is 13.9. The van der Waals surface area contributed by atoms with Crippen molar-refractivity contribution in [3.05, 3.63) is 41.5 Å². The number of benzene rings is 2. The van der Waals surface area contributed by atoms with Gasteiger partial charge in [0, 0.05) is 27.7 Å². The summed E-state index contributed by atoms with van der Waals surface area (Å²) < 4.78 is 0. The molecule has 3 aromatic rings. The van der Waals surface area contributed by atoms with Crippen LogP contribution in [0.15, 0.2) is 30.3 Å². The van der Waals surface area contributed by atoms with E-state index in [0.717, 1.165) is 38.7 Å². The lowest BCUT2D eigenvalue weighted by molar-refractivity contribution is 0.633. The molecule has 0 spiro atoms. The molecule has 3 heteroatoms. The van der Waals surface area contributed by atoms with Crippen molar-refractivity contribution in [3.8, 4) is 0 Å². The minimum atomic E-state index is 0.0246. The highest BCUT2D eigenvalue weighted by atomic mass is 15.0. The Morgan fingerprint density at radius 3 is 2.09 bits per heavy atom. The van der Waals surface area contributed by atoms with E-state index in [1.54, 1.807) is 0 Å². The summed E-state index contributed by atoms with van der Waals surface area (Å²) in [6.07, 6.45) is 0. The third kappa shape index (κ3) is 2.71. The van der Waals surface area contributed by atoms with E-state index in [0.29, 0.717) is 0 Å². The summed E-state index contributed by atoms with van der Waals surface area (Å²) in [6.45, 7) is 10.6. The number of nitrogens with one attached hydrogen (secondary N) is 1. The van der Waals surface area contributed by atoms with Crippen molar-refractivity contribution in [2.75, 3.05) is 11.1 Å². The fourth-order valence-corrected chi connectivity index (χ4v) is 2.71. The van der Waals surface area contributed by atoms with Gasteiger partial charge in [0.25, 0.3) is 0 Å². The zero-order chi connectivity index (χ0) is 16.1. The van der Waals surface area contributed by atoms with Crippen LogP contribution in [-0.2, 0) is 0 Å². The van der Waals surface area contributed by atoms with Gasteiger partial charge in [-0.15, -0.1) is 0 Å². The summed E-state index contributed by atoms with van der Waals surface area (Å²) in [6, 6.07) is 10.6. The Morgan fingerprint density at radius 1 is 0.864 bits per heavy atom. The van der Waals surface area contributed by atoms with Crippen LogP contribution in [0.4, 0.5) is 11.4 Å². The summed E-state index contributed by atoms with van der Waals surface area (Å²) in [5, 5.41) is 5.84. The van der Waals surface area contributed by atoms with E-state index in [9.17, 15) is 0 Å². The van der Waals surface area contributed by atoms with Crippen molar-refractivity contribution < 1.29 is 0 Å². The first kappa shape index (κ1) is 14.6. The minimum Gasteiger partial charge on any atom is -0.398 e. The molecule has 0 bridgehead atoms. The molecule has 0 radical (unpaired) electrons. The van der Waals surface area contributed by atoms with Gasteiger partial charge in [0.1, 0.15) is 0 Å². The van der Waals surface area contributed by atoms with Crippen molar-refractivity contribution in [1.82, 2.24) is 4.98 Å². The molecule has 0 aliphatic heterocycles. The second kappa shape index (κ2) is 4.87. The van der Waals surface area contributed by atoms with Crippen molar-refractivity contribution >= 4 is 33.2 Å². The lowest BCUT2D eigenvalue weighted by Crippen LogP contribution is -2.26. The normalized spacial score (nSPS) is 12.0. The molecule has 0 atom stereocenters. The summed E-state index contributed by atoms with van der Waals surface area (Å²) in [5.74, 6) is 0. The molecular formula is C19H23N3. The number of aryl methyl sites for hydroxylation is 2. The predicted octanol–water partition coefficient (Wildman–Crippen LogP) is 4.80. The van der Waals surface area contributed by atoms with E-state index in [-0.39, 0.29) is 5.54 Å². The average molecular weight is 293 g/mol. The standard InChI is InChI=1S/C19H23N3/c1-11-6-13-8-14-7-12(2)16(22-19(3,4)5)10-18(14)21-17(13)9-15(11)20/h6-10,22H,20H2,1-5H3. The molecule has 114 valence electrons. The van der Waals surface area contributed by atoms with Gasteiger partial charge in [-0.05, 0) is 76.1 Å². The van der Waals surface area contributed by atoms with Crippen LogP contribution in [0.3, 0.4) is 0 Å². The highest BCUT2D eigenvalue weighted by Crippen LogP contribution is 2.29. The van der Waals surface area contributed by atoms with Gasteiger partial charge >= 0.3 is 0 Å². The third-order valence-electron chi connectivity index (χ3n) is 3.85. The first-order valence-corrected chi connectivity index (χ1v) is 7.62. The van der Waals surface area contributed by atoms with Crippen LogP contribution in [0, 0.1) is 13.8 Å². The quantitative estimate of drug-likeness (QED) is 0.500. The van der Waals surface area contributed by atoms with E-state index in [4.69, 9.17) is 10.7 Å². The number of fused-ring (bicyclic) bond motifs is 2. The van der Waals surface area contributed by atoms with E-state index >= 15 is 0 Å². The van der Waals surface area contributed by atoms with Crippen molar-refractivity contribution in [2.45, 2.75) is 40.2 Å². The topological polar surface area (TPSA) is 50.9 Å². The molecule has 3 N–H and O–H groups in total. The molecule has 0 unspecified atom stereocenters. The summed E-state index contributed by atoms with van der Waals surface area (Å²) in [4.78, 5) is 4.79. The molecule has 1 aromatic heterocycles. The maximum Gasteiger partial charge on any atom is 0.0730 e. The van der Waals surface area contributed by atoms with Crippen molar-refractivity contribution in [2.24, 2.45) is 0 Å². The smallest absolute Gasteiger partial charge is 0.0730 e. The largest absolute Gasteiger partial charge is 0.398 e. The van der Waals surface area contributed by atoms with Gasteiger partial charge < -0.3 is 11.1 Å². The lowest BCUT2D eigenvalue weighted by Gasteiger charge is -2.24. The fraction of sp³-hybridized carbons (Fsp3) is 0.316. The summed E-state index contributed by atoms with van der Waals surface area (Å²) in [5.41, 5.74) is 12.2. The number of anilines is 2. The van der Waals surface area contributed by atoms with E-state index in [1.165, 1.54) is 5.56 Å². The van der Waals surface area contributed by atoms with Crippen LogP contribution in [0.1, 0.15) is 31.9 Å². The van der Waals surface area contributed by atoms with Gasteiger partial charge in [0.15, 0.2) is 0 Å². The second-order valence-corrected chi connectivity index (χ2v) is 7.12. The zero-order valence-electron chi connectivity index (χ0n) is 13.9. The maximum atomic E-state index is 6.01. The fourth-order valence-electron chi connectivity index (χ4n) is 2.71. The third-order valence-corrected chi connectivity index (χ3v) is 3.85. The van der Waals surface area contributed by atoms with Gasteiger partial charge in [-0.3, -0.25) is 0 Å². The van der Waals surface area contributed by atoms with E-state index < -0.39 is 0 Å². The summed E-state index contributed by atoms with van der Waals surface area (Å²) >= 11 is 0. The molecular weight excluding hydrogens is 270 g/mol. The molecule has 0 saturated carbocycles. The Balaban J connectivity index is 2.23. The number of rotatable bonds is 1. The Hall–Kier alpha value is -2.29. The van der Waals surface area contributed by atoms with Crippen molar-refractivity contribution in [3.63, 3.8) is 0 Å². The molecule has 0 aliphatic carbocycles. The van der Waals surface area contributed by atoms with Gasteiger partial charge in [-0.2, -0.15) is 0 Å². The predicted molar refractivity (Wildman–Crippen MR) is 96.5 cm³/mol. The van der Waals surface area contributed by atoms with Crippen LogP contribution < -0.4 is 11.1 Å². The van der Waals surface area contributed by atoms with Crippen LogP contribution in [0.2, 0.25) is 0 Å². The monoisotopic (exact) mass is 293 g/mol. The average Bonchev–Trinajstić information content (AvgIpc) is 2.38. The van der Waals surface area contributed by atoms with Crippen LogP contribution in [-0.4, -0.2) is 10.5 Å². The highest BCUT2D eigenvalue weighted by Gasteiger charge is 2.12. The minimum absolute atomic E-state index is 0.0246. The Labute approximate surface area is 131 Å². The molecule has 1 heterocycles. The number of hydrogen-bond acceptors (Lipinski definition) is 3. The number of nitrogen functional groups attached to an aromatic ring is 1. The van der Waals surface area contributed by atoms with Gasteiger partial charge in [-0.1, -0.05) is 0 Å². The molecule has 0 amide bonds. The Bertz CT molecular complexity index is 873.